The van der Waals surface area contributed by atoms with E-state index >= 15 is 0 Å². The van der Waals surface area contributed by atoms with Crippen LogP contribution >= 0.6 is 27.7 Å². The van der Waals surface area contributed by atoms with Crippen LogP contribution in [0.5, 0.6) is 0 Å². The lowest BCUT2D eigenvalue weighted by atomic mass is 10.0. The normalized spacial score (nSPS) is 17.2. The van der Waals surface area contributed by atoms with E-state index in [9.17, 15) is 9.90 Å². The van der Waals surface area contributed by atoms with Crippen LogP contribution in [-0.4, -0.2) is 16.0 Å². The number of rotatable bonds is 2. The molecule has 96 valence electrons. The fourth-order valence-electron chi connectivity index (χ4n) is 2.19. The highest BCUT2D eigenvalue weighted by molar-refractivity contribution is 9.09. The summed E-state index contributed by atoms with van der Waals surface area (Å²) in [6.07, 6.45) is 0. The number of carbonyl (C=O) groups excluding carboxylic acids is 1. The molecule has 0 amide bonds. The number of fused-ring (bicyclic) bond motifs is 1. The van der Waals surface area contributed by atoms with Gasteiger partial charge in [-0.25, -0.2) is 0 Å². The third-order valence-corrected chi connectivity index (χ3v) is 5.08. The van der Waals surface area contributed by atoms with Crippen LogP contribution in [0.3, 0.4) is 0 Å². The van der Waals surface area contributed by atoms with Crippen molar-refractivity contribution < 1.29 is 9.90 Å². The summed E-state index contributed by atoms with van der Waals surface area (Å²) in [4.78, 5) is 11.5. The number of aliphatic hydroxyl groups is 1. The Bertz CT molecular complexity index is 693. The zero-order valence-electron chi connectivity index (χ0n) is 9.97. The van der Waals surface area contributed by atoms with Gasteiger partial charge in [-0.05, 0) is 22.4 Å². The summed E-state index contributed by atoms with van der Waals surface area (Å²) in [5.41, 5.74) is 1.45. The van der Waals surface area contributed by atoms with Crippen molar-refractivity contribution >= 4 is 43.6 Å². The van der Waals surface area contributed by atoms with Crippen LogP contribution in [0.2, 0.25) is 0 Å². The van der Waals surface area contributed by atoms with Gasteiger partial charge in [-0.3, -0.25) is 4.79 Å². The second-order valence-corrected chi connectivity index (χ2v) is 6.27. The maximum atomic E-state index is 11.8. The third kappa shape index (κ3) is 2.30. The van der Waals surface area contributed by atoms with Gasteiger partial charge in [0, 0.05) is 0 Å². The maximum Gasteiger partial charge on any atom is 0.220 e. The highest BCUT2D eigenvalue weighted by Gasteiger charge is 2.30. The summed E-state index contributed by atoms with van der Waals surface area (Å²) in [6.45, 7) is 0. The van der Waals surface area contributed by atoms with E-state index in [2.05, 4.69) is 22.0 Å². The van der Waals surface area contributed by atoms with Gasteiger partial charge >= 0.3 is 0 Å². The predicted octanol–water partition coefficient (Wildman–Crippen LogP) is 4.36. The van der Waals surface area contributed by atoms with E-state index in [-0.39, 0.29) is 15.7 Å². The predicted molar refractivity (Wildman–Crippen MR) is 82.7 cm³/mol. The van der Waals surface area contributed by atoms with Crippen LogP contribution in [0.4, 0.5) is 0 Å². The summed E-state index contributed by atoms with van der Waals surface area (Å²) in [6, 6.07) is 14.1. The number of benzene rings is 2. The molecule has 2 aromatic carbocycles. The van der Waals surface area contributed by atoms with E-state index in [0.29, 0.717) is 11.3 Å². The molecule has 0 bridgehead atoms. The average molecular weight is 335 g/mol. The van der Waals surface area contributed by atoms with Gasteiger partial charge in [0.15, 0.2) is 0 Å². The smallest absolute Gasteiger partial charge is 0.220 e. The molecule has 0 aliphatic carbocycles. The highest BCUT2D eigenvalue weighted by atomic mass is 79.9. The molecule has 19 heavy (non-hydrogen) atoms. The molecule has 1 N–H and O–H groups in total. The van der Waals surface area contributed by atoms with Crippen molar-refractivity contribution in [2.75, 3.05) is 5.75 Å². The summed E-state index contributed by atoms with van der Waals surface area (Å²) in [5.74, 6) is 0.564. The van der Waals surface area contributed by atoms with Crippen LogP contribution in [0.25, 0.3) is 10.8 Å². The largest absolute Gasteiger partial charge is 0.511 e. The minimum absolute atomic E-state index is 0.0486. The Morgan fingerprint density at radius 2 is 1.89 bits per heavy atom. The summed E-state index contributed by atoms with van der Waals surface area (Å²) >= 11 is 4.67. The summed E-state index contributed by atoms with van der Waals surface area (Å²) in [5, 5.41) is 12.1. The molecule has 0 aromatic heterocycles. The fraction of sp³-hybridized carbons (Fsp3) is 0.133. The Balaban J connectivity index is 2.04. The molecule has 0 saturated heterocycles. The van der Waals surface area contributed by atoms with E-state index in [1.807, 2.05) is 36.4 Å². The summed E-state index contributed by atoms with van der Waals surface area (Å²) in [7, 11) is 0. The van der Waals surface area contributed by atoms with Gasteiger partial charge in [0.2, 0.25) is 5.12 Å². The van der Waals surface area contributed by atoms with Crippen molar-refractivity contribution in [2.45, 2.75) is 4.83 Å². The average Bonchev–Trinajstić information content (AvgIpc) is 2.77. The van der Waals surface area contributed by atoms with Crippen molar-refractivity contribution in [3.05, 3.63) is 59.4 Å². The quantitative estimate of drug-likeness (QED) is 0.829. The SMILES string of the molecule is O=C1SCC(O)=C1C(Br)c1ccc2ccccc2c1. The minimum Gasteiger partial charge on any atom is -0.511 e. The molecule has 1 aliphatic rings. The molecule has 0 fully saturated rings. The van der Waals surface area contributed by atoms with Crippen LogP contribution in [0.15, 0.2) is 53.8 Å². The molecule has 3 rings (SSSR count). The molecule has 2 aromatic rings. The number of aliphatic hydroxyl groups excluding tert-OH is 1. The number of thioether (sulfide) groups is 1. The Labute approximate surface area is 123 Å². The van der Waals surface area contributed by atoms with E-state index in [1.165, 1.54) is 0 Å². The van der Waals surface area contributed by atoms with E-state index < -0.39 is 0 Å². The molecule has 1 aliphatic heterocycles. The van der Waals surface area contributed by atoms with E-state index in [1.54, 1.807) is 0 Å². The van der Waals surface area contributed by atoms with Crippen LogP contribution in [-0.2, 0) is 4.79 Å². The first kappa shape index (κ1) is 12.8. The number of halogens is 1. The summed E-state index contributed by atoms with van der Waals surface area (Å²) < 4.78 is 0. The first-order valence-electron chi connectivity index (χ1n) is 5.89. The lowest BCUT2D eigenvalue weighted by molar-refractivity contribution is -0.107. The zero-order chi connectivity index (χ0) is 13.4. The van der Waals surface area contributed by atoms with Crippen molar-refractivity contribution in [1.29, 1.82) is 0 Å². The minimum atomic E-state index is -0.250. The van der Waals surface area contributed by atoms with Gasteiger partial charge in [-0.15, -0.1) is 0 Å². The van der Waals surface area contributed by atoms with Crippen molar-refractivity contribution in [3.8, 4) is 0 Å². The molecule has 2 nitrogen and oxygen atoms in total. The van der Waals surface area contributed by atoms with Gasteiger partial charge in [-0.1, -0.05) is 64.1 Å². The molecule has 0 radical (unpaired) electrons. The van der Waals surface area contributed by atoms with Crippen LogP contribution in [0, 0.1) is 0 Å². The second kappa shape index (κ2) is 5.02. The van der Waals surface area contributed by atoms with Gasteiger partial charge in [-0.2, -0.15) is 0 Å². The monoisotopic (exact) mass is 334 g/mol. The molecule has 0 spiro atoms. The first-order chi connectivity index (χ1) is 9.16. The van der Waals surface area contributed by atoms with Gasteiger partial charge in [0.05, 0.1) is 16.2 Å². The van der Waals surface area contributed by atoms with Crippen molar-refractivity contribution in [1.82, 2.24) is 0 Å². The highest BCUT2D eigenvalue weighted by Crippen LogP contribution is 2.40. The lowest BCUT2D eigenvalue weighted by Gasteiger charge is -2.11. The third-order valence-electron chi connectivity index (χ3n) is 3.19. The van der Waals surface area contributed by atoms with E-state index in [0.717, 1.165) is 28.1 Å². The van der Waals surface area contributed by atoms with Gasteiger partial charge in [0.25, 0.3) is 0 Å². The Hall–Kier alpha value is -1.26. The maximum absolute atomic E-state index is 11.8. The molecule has 4 heteroatoms. The molecule has 1 heterocycles. The van der Waals surface area contributed by atoms with Crippen LogP contribution < -0.4 is 0 Å². The fourth-order valence-corrected chi connectivity index (χ4v) is 3.91. The number of hydrogen-bond donors (Lipinski definition) is 1. The van der Waals surface area contributed by atoms with E-state index in [4.69, 9.17) is 0 Å². The standard InChI is InChI=1S/C15H11BrO2S/c16-14(13-12(17)8-19-15(13)18)11-6-5-9-3-1-2-4-10(9)7-11/h1-7,14,17H,8H2. The zero-order valence-corrected chi connectivity index (χ0v) is 12.4. The van der Waals surface area contributed by atoms with Gasteiger partial charge in [0.1, 0.15) is 5.76 Å². The Kier molecular flexibility index (Phi) is 3.37. The van der Waals surface area contributed by atoms with Crippen LogP contribution in [0.1, 0.15) is 10.4 Å². The molecular weight excluding hydrogens is 324 g/mol. The topological polar surface area (TPSA) is 37.3 Å². The molecule has 1 atom stereocenters. The van der Waals surface area contributed by atoms with Crippen molar-refractivity contribution in [3.63, 3.8) is 0 Å². The molecule has 0 saturated carbocycles. The molecule has 1 unspecified atom stereocenters. The van der Waals surface area contributed by atoms with Crippen molar-refractivity contribution in [2.24, 2.45) is 0 Å². The number of hydrogen-bond acceptors (Lipinski definition) is 3. The Morgan fingerprint density at radius 3 is 2.58 bits per heavy atom. The molecular formula is C15H11BrO2S. The number of carbonyl (C=O) groups is 1. The van der Waals surface area contributed by atoms with Gasteiger partial charge < -0.3 is 5.11 Å². The lowest BCUT2D eigenvalue weighted by Crippen LogP contribution is -2.02. The Morgan fingerprint density at radius 1 is 1.16 bits per heavy atom. The second-order valence-electron chi connectivity index (χ2n) is 4.41. The first-order valence-corrected chi connectivity index (χ1v) is 7.79. The number of alkyl halides is 1.